The van der Waals surface area contributed by atoms with Crippen LogP contribution in [-0.2, 0) is 6.54 Å². The van der Waals surface area contributed by atoms with Crippen molar-refractivity contribution in [1.82, 2.24) is 15.5 Å². The smallest absolute Gasteiger partial charge is 0.317 e. The van der Waals surface area contributed by atoms with Crippen LogP contribution in [0.25, 0.3) is 0 Å². The van der Waals surface area contributed by atoms with Crippen molar-refractivity contribution in [3.05, 3.63) is 65.2 Å². The van der Waals surface area contributed by atoms with E-state index in [0.717, 1.165) is 36.3 Å². The van der Waals surface area contributed by atoms with Gasteiger partial charge in [0.25, 0.3) is 5.91 Å². The second-order valence-electron chi connectivity index (χ2n) is 9.01. The summed E-state index contributed by atoms with van der Waals surface area (Å²) in [5.74, 6) is 0.967. The van der Waals surface area contributed by atoms with E-state index in [2.05, 4.69) is 16.7 Å². The van der Waals surface area contributed by atoms with Gasteiger partial charge in [-0.25, -0.2) is 4.79 Å². The first kappa shape index (κ1) is 23.6. The van der Waals surface area contributed by atoms with Crippen molar-refractivity contribution in [2.24, 2.45) is 0 Å². The highest BCUT2D eigenvalue weighted by atomic mass is 16.5. The standard InChI is InChI=1S/C26H35N3O3/c1-18(2)28-26(31)29-14-6-9-23(17-29)21-7-5-8-22(15-21)25(30)27-16-20-10-12-24(13-11-20)32-19(3)4/h5,7-8,10-13,15,18-19,23H,6,9,14,16-17H2,1-4H3,(H,27,30)(H,28,31)/t23-/m1/s1. The zero-order valence-corrected chi connectivity index (χ0v) is 19.6. The predicted molar refractivity (Wildman–Crippen MR) is 127 cm³/mol. The van der Waals surface area contributed by atoms with Gasteiger partial charge in [0, 0.05) is 37.2 Å². The van der Waals surface area contributed by atoms with Crippen molar-refractivity contribution in [1.29, 1.82) is 0 Å². The molecule has 1 fully saturated rings. The summed E-state index contributed by atoms with van der Waals surface area (Å²) < 4.78 is 5.66. The Balaban J connectivity index is 1.59. The Labute approximate surface area is 191 Å². The fourth-order valence-corrected chi connectivity index (χ4v) is 3.95. The Hall–Kier alpha value is -3.02. The number of nitrogens with one attached hydrogen (secondary N) is 2. The van der Waals surface area contributed by atoms with Crippen LogP contribution < -0.4 is 15.4 Å². The molecule has 2 aromatic carbocycles. The maximum atomic E-state index is 12.7. The molecule has 2 N–H and O–H groups in total. The Bertz CT molecular complexity index is 909. The molecule has 2 aromatic rings. The number of piperidine rings is 1. The Morgan fingerprint density at radius 3 is 2.53 bits per heavy atom. The average molecular weight is 438 g/mol. The molecule has 6 nitrogen and oxygen atoms in total. The number of carbonyl (C=O) groups excluding carboxylic acids is 2. The molecule has 0 unspecified atom stereocenters. The fourth-order valence-electron chi connectivity index (χ4n) is 3.95. The minimum atomic E-state index is -0.0976. The lowest BCUT2D eigenvalue weighted by molar-refractivity contribution is 0.0950. The van der Waals surface area contributed by atoms with Gasteiger partial charge in [-0.15, -0.1) is 0 Å². The Kier molecular flexibility index (Phi) is 8.14. The van der Waals surface area contributed by atoms with Gasteiger partial charge in [-0.05, 0) is 75.9 Å². The van der Waals surface area contributed by atoms with Gasteiger partial charge in [0.1, 0.15) is 5.75 Å². The molecule has 0 spiro atoms. The van der Waals surface area contributed by atoms with E-state index in [4.69, 9.17) is 4.74 Å². The molecule has 3 rings (SSSR count). The molecule has 32 heavy (non-hydrogen) atoms. The maximum absolute atomic E-state index is 12.7. The number of likely N-dealkylation sites (tertiary alicyclic amines) is 1. The zero-order chi connectivity index (χ0) is 23.1. The van der Waals surface area contributed by atoms with Crippen molar-refractivity contribution >= 4 is 11.9 Å². The number of benzene rings is 2. The number of hydrogen-bond donors (Lipinski definition) is 2. The number of carbonyl (C=O) groups is 2. The third kappa shape index (κ3) is 6.74. The summed E-state index contributed by atoms with van der Waals surface area (Å²) in [7, 11) is 0. The van der Waals surface area contributed by atoms with Crippen LogP contribution in [0.2, 0.25) is 0 Å². The molecular weight excluding hydrogens is 402 g/mol. The third-order valence-electron chi connectivity index (χ3n) is 5.49. The molecule has 0 radical (unpaired) electrons. The normalized spacial score (nSPS) is 16.2. The molecule has 1 heterocycles. The second-order valence-corrected chi connectivity index (χ2v) is 9.01. The first-order valence-electron chi connectivity index (χ1n) is 11.5. The maximum Gasteiger partial charge on any atom is 0.317 e. The Morgan fingerprint density at radius 2 is 1.84 bits per heavy atom. The number of rotatable bonds is 7. The minimum Gasteiger partial charge on any atom is -0.491 e. The monoisotopic (exact) mass is 437 g/mol. The second kappa shape index (κ2) is 11.0. The summed E-state index contributed by atoms with van der Waals surface area (Å²) in [6, 6.07) is 15.7. The molecule has 6 heteroatoms. The van der Waals surface area contributed by atoms with Crippen molar-refractivity contribution in [3.8, 4) is 5.75 Å². The predicted octanol–water partition coefficient (Wildman–Crippen LogP) is 4.70. The molecule has 0 aliphatic carbocycles. The van der Waals surface area contributed by atoms with Crippen molar-refractivity contribution < 1.29 is 14.3 Å². The molecule has 172 valence electrons. The van der Waals surface area contributed by atoms with E-state index in [0.29, 0.717) is 18.7 Å². The number of amides is 3. The lowest BCUT2D eigenvalue weighted by atomic mass is 9.89. The quantitative estimate of drug-likeness (QED) is 0.660. The highest BCUT2D eigenvalue weighted by molar-refractivity contribution is 5.94. The highest BCUT2D eigenvalue weighted by Gasteiger charge is 2.25. The highest BCUT2D eigenvalue weighted by Crippen LogP contribution is 2.27. The summed E-state index contributed by atoms with van der Waals surface area (Å²) in [5, 5.41) is 5.97. The van der Waals surface area contributed by atoms with E-state index in [-0.39, 0.29) is 30.0 Å². The first-order valence-corrected chi connectivity index (χ1v) is 11.5. The molecule has 0 bridgehead atoms. The largest absolute Gasteiger partial charge is 0.491 e. The fraction of sp³-hybridized carbons (Fsp3) is 0.462. The molecule has 3 amide bonds. The van der Waals surface area contributed by atoms with E-state index in [1.807, 2.05) is 75.1 Å². The van der Waals surface area contributed by atoms with Gasteiger partial charge in [0.05, 0.1) is 6.10 Å². The van der Waals surface area contributed by atoms with Crippen LogP contribution in [0.15, 0.2) is 48.5 Å². The molecule has 0 saturated carbocycles. The van der Waals surface area contributed by atoms with Gasteiger partial charge >= 0.3 is 6.03 Å². The average Bonchev–Trinajstić information content (AvgIpc) is 2.78. The van der Waals surface area contributed by atoms with Gasteiger partial charge < -0.3 is 20.3 Å². The summed E-state index contributed by atoms with van der Waals surface area (Å²) in [5.41, 5.74) is 2.77. The molecule has 1 saturated heterocycles. The van der Waals surface area contributed by atoms with Gasteiger partial charge in [0.15, 0.2) is 0 Å². The van der Waals surface area contributed by atoms with Crippen LogP contribution in [0.5, 0.6) is 5.75 Å². The van der Waals surface area contributed by atoms with Crippen LogP contribution in [0.4, 0.5) is 4.79 Å². The molecule has 1 aliphatic heterocycles. The van der Waals surface area contributed by atoms with Crippen LogP contribution in [0.3, 0.4) is 0 Å². The topological polar surface area (TPSA) is 70.7 Å². The molecule has 0 aromatic heterocycles. The van der Waals surface area contributed by atoms with Crippen molar-refractivity contribution in [3.63, 3.8) is 0 Å². The van der Waals surface area contributed by atoms with E-state index in [9.17, 15) is 9.59 Å². The van der Waals surface area contributed by atoms with Crippen molar-refractivity contribution in [2.75, 3.05) is 13.1 Å². The third-order valence-corrected chi connectivity index (χ3v) is 5.49. The van der Waals surface area contributed by atoms with Gasteiger partial charge in [-0.3, -0.25) is 4.79 Å². The molecular formula is C26H35N3O3. The Morgan fingerprint density at radius 1 is 1.09 bits per heavy atom. The lowest BCUT2D eigenvalue weighted by Crippen LogP contribution is -2.47. The zero-order valence-electron chi connectivity index (χ0n) is 19.6. The summed E-state index contributed by atoms with van der Waals surface area (Å²) in [4.78, 5) is 27.0. The number of urea groups is 1. The lowest BCUT2D eigenvalue weighted by Gasteiger charge is -2.33. The van der Waals surface area contributed by atoms with Crippen LogP contribution in [0, 0.1) is 0 Å². The molecule has 1 atom stereocenters. The van der Waals surface area contributed by atoms with E-state index >= 15 is 0 Å². The van der Waals surface area contributed by atoms with Crippen LogP contribution >= 0.6 is 0 Å². The minimum absolute atomic E-state index is 0.0107. The SMILES string of the molecule is CC(C)NC(=O)N1CCC[C@@H](c2cccc(C(=O)NCc3ccc(OC(C)C)cc3)c2)C1. The number of nitrogens with zero attached hydrogens (tertiary/aromatic N) is 1. The van der Waals surface area contributed by atoms with Gasteiger partial charge in [0.2, 0.25) is 0 Å². The summed E-state index contributed by atoms with van der Waals surface area (Å²) in [6.07, 6.45) is 2.11. The number of ether oxygens (including phenoxy) is 1. The van der Waals surface area contributed by atoms with Gasteiger partial charge in [-0.2, -0.15) is 0 Å². The van der Waals surface area contributed by atoms with E-state index in [1.165, 1.54) is 0 Å². The van der Waals surface area contributed by atoms with Crippen molar-refractivity contribution in [2.45, 2.75) is 65.1 Å². The summed E-state index contributed by atoms with van der Waals surface area (Å²) >= 11 is 0. The number of hydrogen-bond acceptors (Lipinski definition) is 3. The van der Waals surface area contributed by atoms with Gasteiger partial charge in [-0.1, -0.05) is 24.3 Å². The van der Waals surface area contributed by atoms with E-state index in [1.54, 1.807) is 0 Å². The summed E-state index contributed by atoms with van der Waals surface area (Å²) in [6.45, 7) is 9.83. The molecule has 1 aliphatic rings. The van der Waals surface area contributed by atoms with Crippen LogP contribution in [-0.4, -0.2) is 42.1 Å². The van der Waals surface area contributed by atoms with E-state index < -0.39 is 0 Å². The first-order chi connectivity index (χ1) is 15.3. The van der Waals surface area contributed by atoms with Crippen LogP contribution in [0.1, 0.15) is 67.9 Å².